The van der Waals surface area contributed by atoms with Crippen LogP contribution in [0.4, 0.5) is 0 Å². The Balaban J connectivity index is 2.36. The molecule has 1 aliphatic carbocycles. The fourth-order valence-electron chi connectivity index (χ4n) is 2.36. The largest absolute Gasteiger partial charge is 0.383 e. The molecule has 5 heteroatoms. The van der Waals surface area contributed by atoms with Gasteiger partial charge in [0.15, 0.2) is 0 Å². The van der Waals surface area contributed by atoms with Gasteiger partial charge >= 0.3 is 0 Å². The Hall–Kier alpha value is -0.810. The van der Waals surface area contributed by atoms with E-state index in [1.807, 2.05) is 7.05 Å². The zero-order chi connectivity index (χ0) is 12.5. The molecule has 0 aromatic carbocycles. The van der Waals surface area contributed by atoms with Crippen LogP contribution in [-0.4, -0.2) is 44.7 Å². The molecule has 0 radical (unpaired) electrons. The van der Waals surface area contributed by atoms with Crippen LogP contribution >= 0.6 is 0 Å². The number of rotatable bonds is 5. The van der Waals surface area contributed by atoms with Crippen LogP contribution in [-0.2, 0) is 4.74 Å². The van der Waals surface area contributed by atoms with Crippen LogP contribution in [0.3, 0.4) is 0 Å². The monoisotopic (exact) mass is 242 g/mol. The van der Waals surface area contributed by atoms with Crippen LogP contribution in [0, 0.1) is 5.92 Å². The summed E-state index contributed by atoms with van der Waals surface area (Å²) in [6, 6.07) is 0. The summed E-state index contributed by atoms with van der Waals surface area (Å²) in [7, 11) is 3.72. The highest BCUT2D eigenvalue weighted by Gasteiger charge is 2.16. The van der Waals surface area contributed by atoms with Gasteiger partial charge in [0.05, 0.1) is 13.2 Å². The van der Waals surface area contributed by atoms with Crippen molar-refractivity contribution in [2.45, 2.75) is 32.1 Å². The first-order valence-corrected chi connectivity index (χ1v) is 6.49. The molecule has 0 unspecified atom stereocenters. The molecule has 17 heavy (non-hydrogen) atoms. The summed E-state index contributed by atoms with van der Waals surface area (Å²) in [6.45, 7) is 2.31. The van der Waals surface area contributed by atoms with Crippen molar-refractivity contribution in [2.24, 2.45) is 16.8 Å². The van der Waals surface area contributed by atoms with Gasteiger partial charge in [0.25, 0.3) is 0 Å². The van der Waals surface area contributed by atoms with Crippen LogP contribution in [0.1, 0.15) is 32.1 Å². The van der Waals surface area contributed by atoms with Gasteiger partial charge in [-0.25, -0.2) is 10.8 Å². The molecule has 0 atom stereocenters. The van der Waals surface area contributed by atoms with Crippen molar-refractivity contribution < 1.29 is 4.74 Å². The van der Waals surface area contributed by atoms with E-state index < -0.39 is 0 Å². The van der Waals surface area contributed by atoms with E-state index in [2.05, 4.69) is 15.3 Å². The number of hydrogen-bond donors (Lipinski definition) is 2. The lowest BCUT2D eigenvalue weighted by Gasteiger charge is -2.28. The number of methoxy groups -OCH3 is 1. The predicted molar refractivity (Wildman–Crippen MR) is 70.7 cm³/mol. The lowest BCUT2D eigenvalue weighted by Crippen LogP contribution is -2.45. The normalized spacial score (nSPS) is 18.2. The lowest BCUT2D eigenvalue weighted by molar-refractivity contribution is 0.207. The van der Waals surface area contributed by atoms with E-state index >= 15 is 0 Å². The van der Waals surface area contributed by atoms with Crippen molar-refractivity contribution >= 4 is 5.96 Å². The highest BCUT2D eigenvalue weighted by Crippen LogP contribution is 2.23. The molecule has 3 N–H and O–H groups in total. The van der Waals surface area contributed by atoms with Crippen LogP contribution in [0.15, 0.2) is 4.99 Å². The quantitative estimate of drug-likeness (QED) is 0.248. The summed E-state index contributed by atoms with van der Waals surface area (Å²) >= 11 is 0. The molecule has 5 nitrogen and oxygen atoms in total. The standard InChI is InChI=1S/C12H26N4O/c1-16(10-11-6-4-3-5-7-11)12(15-13)14-8-9-17-2/h11H,3-10,13H2,1-2H3,(H,14,15). The second kappa shape index (κ2) is 8.31. The van der Waals surface area contributed by atoms with Gasteiger partial charge in [0.1, 0.15) is 0 Å². The SMILES string of the molecule is COCCN=C(NN)N(C)CC1CCCCC1. The molecule has 1 rings (SSSR count). The Morgan fingerprint density at radius 3 is 2.71 bits per heavy atom. The van der Waals surface area contributed by atoms with E-state index in [9.17, 15) is 0 Å². The van der Waals surface area contributed by atoms with Gasteiger partial charge in [0, 0.05) is 20.7 Å². The van der Waals surface area contributed by atoms with E-state index in [4.69, 9.17) is 10.6 Å². The molecule has 0 aromatic heterocycles. The van der Waals surface area contributed by atoms with Gasteiger partial charge in [-0.3, -0.25) is 5.43 Å². The highest BCUT2D eigenvalue weighted by molar-refractivity contribution is 5.79. The third kappa shape index (κ3) is 5.37. The summed E-state index contributed by atoms with van der Waals surface area (Å²) in [5.41, 5.74) is 2.67. The molecule has 0 saturated heterocycles. The summed E-state index contributed by atoms with van der Waals surface area (Å²) in [5.74, 6) is 7.04. The molecule has 100 valence electrons. The summed E-state index contributed by atoms with van der Waals surface area (Å²) < 4.78 is 4.97. The molecular weight excluding hydrogens is 216 g/mol. The number of ether oxygens (including phenoxy) is 1. The maximum absolute atomic E-state index is 5.50. The van der Waals surface area contributed by atoms with Gasteiger partial charge in [-0.1, -0.05) is 19.3 Å². The number of hydrogen-bond acceptors (Lipinski definition) is 3. The van der Waals surface area contributed by atoms with Crippen molar-refractivity contribution in [1.82, 2.24) is 10.3 Å². The van der Waals surface area contributed by atoms with E-state index in [1.165, 1.54) is 32.1 Å². The number of nitrogens with zero attached hydrogens (tertiary/aromatic N) is 2. The minimum Gasteiger partial charge on any atom is -0.383 e. The third-order valence-electron chi connectivity index (χ3n) is 3.30. The predicted octanol–water partition coefficient (Wildman–Crippen LogP) is 0.964. The van der Waals surface area contributed by atoms with Gasteiger partial charge in [-0.2, -0.15) is 0 Å². The van der Waals surface area contributed by atoms with Crippen molar-refractivity contribution in [2.75, 3.05) is 33.9 Å². The molecule has 1 aliphatic rings. The number of guanidine groups is 1. The maximum atomic E-state index is 5.50. The summed E-state index contributed by atoms with van der Waals surface area (Å²) in [4.78, 5) is 6.50. The summed E-state index contributed by atoms with van der Waals surface area (Å²) in [5, 5.41) is 0. The van der Waals surface area contributed by atoms with Gasteiger partial charge in [-0.15, -0.1) is 0 Å². The number of hydrazine groups is 1. The molecular formula is C12H26N4O. The first kappa shape index (κ1) is 14.3. The average molecular weight is 242 g/mol. The Morgan fingerprint density at radius 2 is 2.12 bits per heavy atom. The Bertz CT molecular complexity index is 227. The highest BCUT2D eigenvalue weighted by atomic mass is 16.5. The summed E-state index contributed by atoms with van der Waals surface area (Å²) in [6.07, 6.45) is 6.79. The minimum atomic E-state index is 0.627. The molecule has 0 bridgehead atoms. The Labute approximate surface area is 104 Å². The van der Waals surface area contributed by atoms with E-state index in [1.54, 1.807) is 7.11 Å². The molecule has 0 aromatic rings. The zero-order valence-electron chi connectivity index (χ0n) is 11.1. The van der Waals surface area contributed by atoms with Crippen molar-refractivity contribution in [3.05, 3.63) is 0 Å². The molecule has 0 spiro atoms. The fourth-order valence-corrected chi connectivity index (χ4v) is 2.36. The van der Waals surface area contributed by atoms with Crippen LogP contribution in [0.5, 0.6) is 0 Å². The van der Waals surface area contributed by atoms with Crippen LogP contribution in [0.2, 0.25) is 0 Å². The molecule has 1 fully saturated rings. The van der Waals surface area contributed by atoms with Crippen molar-refractivity contribution in [3.8, 4) is 0 Å². The van der Waals surface area contributed by atoms with Crippen LogP contribution < -0.4 is 11.3 Å². The second-order valence-corrected chi connectivity index (χ2v) is 4.73. The fraction of sp³-hybridized carbons (Fsp3) is 0.917. The second-order valence-electron chi connectivity index (χ2n) is 4.73. The van der Waals surface area contributed by atoms with E-state index in [0.717, 1.165) is 18.4 Å². The first-order valence-electron chi connectivity index (χ1n) is 6.49. The Morgan fingerprint density at radius 1 is 1.41 bits per heavy atom. The minimum absolute atomic E-state index is 0.627. The van der Waals surface area contributed by atoms with Crippen LogP contribution in [0.25, 0.3) is 0 Å². The van der Waals surface area contributed by atoms with Crippen molar-refractivity contribution in [3.63, 3.8) is 0 Å². The van der Waals surface area contributed by atoms with Gasteiger partial charge < -0.3 is 9.64 Å². The van der Waals surface area contributed by atoms with E-state index in [-0.39, 0.29) is 0 Å². The number of aliphatic imine (C=N–C) groups is 1. The third-order valence-corrected chi connectivity index (χ3v) is 3.30. The molecule has 1 saturated carbocycles. The maximum Gasteiger partial charge on any atom is 0.208 e. The lowest BCUT2D eigenvalue weighted by atomic mass is 9.89. The number of nitrogens with two attached hydrogens (primary N) is 1. The average Bonchev–Trinajstić information content (AvgIpc) is 2.36. The molecule has 0 heterocycles. The van der Waals surface area contributed by atoms with Gasteiger partial charge in [0.2, 0.25) is 5.96 Å². The zero-order valence-corrected chi connectivity index (χ0v) is 11.1. The first-order chi connectivity index (χ1) is 8.27. The van der Waals surface area contributed by atoms with Gasteiger partial charge in [-0.05, 0) is 18.8 Å². The van der Waals surface area contributed by atoms with E-state index in [0.29, 0.717) is 13.2 Å². The van der Waals surface area contributed by atoms with Crippen molar-refractivity contribution in [1.29, 1.82) is 0 Å². The number of nitrogens with one attached hydrogen (secondary N) is 1. The smallest absolute Gasteiger partial charge is 0.208 e. The molecule has 0 amide bonds. The topological polar surface area (TPSA) is 62.9 Å². The Kier molecular flexibility index (Phi) is 6.96. The molecule has 0 aliphatic heterocycles.